The predicted molar refractivity (Wildman–Crippen MR) is 119 cm³/mol. The Hall–Kier alpha value is -1.92. The molecule has 2 aromatic rings. The second kappa shape index (κ2) is 10.6. The summed E-state index contributed by atoms with van der Waals surface area (Å²) in [6, 6.07) is 11.8. The van der Waals surface area contributed by atoms with Gasteiger partial charge in [-0.1, -0.05) is 30.3 Å². The highest BCUT2D eigenvalue weighted by atomic mass is 32.1. The third-order valence-corrected chi connectivity index (χ3v) is 6.16. The van der Waals surface area contributed by atoms with Crippen LogP contribution in [0.15, 0.2) is 41.5 Å². The van der Waals surface area contributed by atoms with Crippen LogP contribution in [0.3, 0.4) is 0 Å². The topological polar surface area (TPSA) is 52.6 Å². The molecule has 1 aliphatic rings. The maximum Gasteiger partial charge on any atom is 0.191 e. The summed E-state index contributed by atoms with van der Waals surface area (Å²) in [6.45, 7) is 10.4. The molecule has 0 bridgehead atoms. The number of likely N-dealkylation sites (tertiary alicyclic amines) is 1. The number of benzene rings is 1. The first-order valence-corrected chi connectivity index (χ1v) is 11.2. The molecular weight excluding hydrogens is 366 g/mol. The van der Waals surface area contributed by atoms with E-state index in [-0.39, 0.29) is 0 Å². The lowest BCUT2D eigenvalue weighted by Crippen LogP contribution is -2.51. The third-order valence-electron chi connectivity index (χ3n) is 5.19. The van der Waals surface area contributed by atoms with Gasteiger partial charge in [0, 0.05) is 55.8 Å². The van der Waals surface area contributed by atoms with Gasteiger partial charge in [0.1, 0.15) is 0 Å². The average Bonchev–Trinajstić information content (AvgIpc) is 3.10. The monoisotopic (exact) mass is 399 g/mol. The van der Waals surface area contributed by atoms with Gasteiger partial charge in [0.2, 0.25) is 0 Å². The van der Waals surface area contributed by atoms with Crippen LogP contribution in [0, 0.1) is 6.92 Å². The zero-order chi connectivity index (χ0) is 19.8. The Balaban J connectivity index is 1.49. The number of guanidine groups is 1. The molecule has 3 rings (SSSR count). The second-order valence-electron chi connectivity index (χ2n) is 7.55. The highest BCUT2D eigenvalue weighted by molar-refractivity contribution is 7.11. The van der Waals surface area contributed by atoms with Gasteiger partial charge in [-0.3, -0.25) is 9.89 Å². The van der Waals surface area contributed by atoms with Crippen LogP contribution in [0.2, 0.25) is 0 Å². The van der Waals surface area contributed by atoms with Gasteiger partial charge in [-0.2, -0.15) is 0 Å². The molecule has 1 fully saturated rings. The van der Waals surface area contributed by atoms with E-state index in [1.165, 1.54) is 15.4 Å². The summed E-state index contributed by atoms with van der Waals surface area (Å²) in [5.74, 6) is 0.935. The minimum absolute atomic E-state index is 0.474. The van der Waals surface area contributed by atoms with Crippen LogP contribution in [-0.4, -0.2) is 47.6 Å². The smallest absolute Gasteiger partial charge is 0.191 e. The highest BCUT2D eigenvalue weighted by Crippen LogP contribution is 2.20. The number of thiazole rings is 1. The summed E-state index contributed by atoms with van der Waals surface area (Å²) in [4.78, 5) is 13.1. The van der Waals surface area contributed by atoms with Crippen LogP contribution in [0.4, 0.5) is 0 Å². The summed E-state index contributed by atoms with van der Waals surface area (Å²) >= 11 is 1.76. The minimum atomic E-state index is 0.474. The Labute approximate surface area is 173 Å². The first kappa shape index (κ1) is 20.8. The van der Waals surface area contributed by atoms with Crippen LogP contribution < -0.4 is 10.6 Å². The Morgan fingerprint density at radius 2 is 2.14 bits per heavy atom. The number of nitrogens with zero attached hydrogens (tertiary/aromatic N) is 3. The fourth-order valence-electron chi connectivity index (χ4n) is 3.70. The van der Waals surface area contributed by atoms with Gasteiger partial charge < -0.3 is 10.6 Å². The molecule has 6 heteroatoms. The van der Waals surface area contributed by atoms with Crippen LogP contribution in [0.1, 0.15) is 42.1 Å². The SMILES string of the molecule is CCNC(=NCCc1ncc(C)s1)NC1CCN(Cc2ccccc2)C(C)C1. The van der Waals surface area contributed by atoms with E-state index in [1.807, 2.05) is 6.20 Å². The maximum atomic E-state index is 4.77. The van der Waals surface area contributed by atoms with Crippen molar-refractivity contribution >= 4 is 17.3 Å². The first-order valence-electron chi connectivity index (χ1n) is 10.4. The van der Waals surface area contributed by atoms with E-state index < -0.39 is 0 Å². The fraction of sp³-hybridized carbons (Fsp3) is 0.545. The predicted octanol–water partition coefficient (Wildman–Crippen LogP) is 3.60. The zero-order valence-corrected chi connectivity index (χ0v) is 18.1. The van der Waals surface area contributed by atoms with Crippen molar-refractivity contribution in [2.75, 3.05) is 19.6 Å². The molecule has 0 spiro atoms. The van der Waals surface area contributed by atoms with Crippen molar-refractivity contribution in [3.63, 3.8) is 0 Å². The molecule has 0 aliphatic carbocycles. The first-order chi connectivity index (χ1) is 13.6. The number of hydrogen-bond donors (Lipinski definition) is 2. The van der Waals surface area contributed by atoms with Crippen molar-refractivity contribution in [1.29, 1.82) is 0 Å². The van der Waals surface area contributed by atoms with Gasteiger partial charge in [-0.25, -0.2) is 4.98 Å². The quantitative estimate of drug-likeness (QED) is 0.552. The normalized spacial score (nSPS) is 20.9. The number of rotatable bonds is 7. The van der Waals surface area contributed by atoms with Crippen LogP contribution >= 0.6 is 11.3 Å². The fourth-order valence-corrected chi connectivity index (χ4v) is 4.47. The Bertz CT molecular complexity index is 742. The number of aryl methyl sites for hydroxylation is 1. The molecule has 152 valence electrons. The molecule has 1 aromatic heterocycles. The van der Waals surface area contributed by atoms with E-state index in [4.69, 9.17) is 4.99 Å². The maximum absolute atomic E-state index is 4.77. The molecule has 0 radical (unpaired) electrons. The summed E-state index contributed by atoms with van der Waals surface area (Å²) in [6.07, 6.45) is 5.13. The van der Waals surface area contributed by atoms with E-state index in [1.54, 1.807) is 11.3 Å². The van der Waals surface area contributed by atoms with Gasteiger partial charge >= 0.3 is 0 Å². The van der Waals surface area contributed by atoms with Crippen LogP contribution in [0.25, 0.3) is 0 Å². The van der Waals surface area contributed by atoms with Crippen molar-refractivity contribution in [3.8, 4) is 0 Å². The summed E-state index contributed by atoms with van der Waals surface area (Å²) in [7, 11) is 0. The lowest BCUT2D eigenvalue weighted by molar-refractivity contribution is 0.134. The van der Waals surface area contributed by atoms with E-state index in [0.29, 0.717) is 12.1 Å². The zero-order valence-electron chi connectivity index (χ0n) is 17.3. The molecule has 2 heterocycles. The molecule has 2 atom stereocenters. The number of piperidine rings is 1. The van der Waals surface area contributed by atoms with Gasteiger partial charge in [0.05, 0.1) is 5.01 Å². The molecule has 5 nitrogen and oxygen atoms in total. The van der Waals surface area contributed by atoms with Crippen molar-refractivity contribution in [2.45, 2.75) is 58.7 Å². The van der Waals surface area contributed by atoms with E-state index >= 15 is 0 Å². The largest absolute Gasteiger partial charge is 0.357 e. The Morgan fingerprint density at radius 1 is 1.32 bits per heavy atom. The number of aliphatic imine (C=N–C) groups is 1. The average molecular weight is 400 g/mol. The summed E-state index contributed by atoms with van der Waals surface area (Å²) < 4.78 is 0. The molecule has 0 amide bonds. The number of nitrogens with one attached hydrogen (secondary N) is 2. The summed E-state index contributed by atoms with van der Waals surface area (Å²) in [5.41, 5.74) is 1.40. The van der Waals surface area contributed by atoms with Crippen LogP contribution in [0.5, 0.6) is 0 Å². The van der Waals surface area contributed by atoms with Crippen molar-refractivity contribution in [1.82, 2.24) is 20.5 Å². The molecule has 2 unspecified atom stereocenters. The second-order valence-corrected chi connectivity index (χ2v) is 8.87. The molecule has 1 aromatic carbocycles. The van der Waals surface area contributed by atoms with Gasteiger partial charge in [0.25, 0.3) is 0 Å². The number of hydrogen-bond acceptors (Lipinski definition) is 4. The molecule has 1 aliphatic heterocycles. The van der Waals surface area contributed by atoms with E-state index in [9.17, 15) is 0 Å². The van der Waals surface area contributed by atoms with E-state index in [2.05, 4.69) is 71.6 Å². The Kier molecular flexibility index (Phi) is 7.86. The molecule has 0 saturated carbocycles. The summed E-state index contributed by atoms with van der Waals surface area (Å²) in [5, 5.41) is 8.22. The standard InChI is InChI=1S/C22H33N5S/c1-4-23-22(24-12-10-21-25-15-18(3)28-21)26-20-11-13-27(17(2)14-20)16-19-8-6-5-7-9-19/h5-9,15,17,20H,4,10-14,16H2,1-3H3,(H2,23,24,26). The molecule has 1 saturated heterocycles. The number of aromatic nitrogens is 1. The Morgan fingerprint density at radius 3 is 2.82 bits per heavy atom. The van der Waals surface area contributed by atoms with E-state index in [0.717, 1.165) is 51.4 Å². The van der Waals surface area contributed by atoms with Gasteiger partial charge in [-0.15, -0.1) is 11.3 Å². The molecule has 28 heavy (non-hydrogen) atoms. The minimum Gasteiger partial charge on any atom is -0.357 e. The van der Waals surface area contributed by atoms with Crippen LogP contribution in [-0.2, 0) is 13.0 Å². The lowest BCUT2D eigenvalue weighted by Gasteiger charge is -2.38. The molecular formula is C22H33N5S. The third kappa shape index (κ3) is 6.31. The van der Waals surface area contributed by atoms with Gasteiger partial charge in [0.15, 0.2) is 5.96 Å². The van der Waals surface area contributed by atoms with Crippen molar-refractivity contribution in [2.24, 2.45) is 4.99 Å². The van der Waals surface area contributed by atoms with Crippen molar-refractivity contribution in [3.05, 3.63) is 52.0 Å². The highest BCUT2D eigenvalue weighted by Gasteiger charge is 2.25. The molecule has 2 N–H and O–H groups in total. The van der Waals surface area contributed by atoms with Gasteiger partial charge in [-0.05, 0) is 39.2 Å². The van der Waals surface area contributed by atoms with Crippen molar-refractivity contribution < 1.29 is 0 Å². The lowest BCUT2D eigenvalue weighted by atomic mass is 9.97.